The number of carbonyl (C=O) groups is 1. The molecule has 2 rings (SSSR count). The first-order valence-electron chi connectivity index (χ1n) is 7.17. The van der Waals surface area contributed by atoms with Crippen molar-refractivity contribution < 1.29 is 4.79 Å². The molecule has 5 nitrogen and oxygen atoms in total. The van der Waals surface area contributed by atoms with Crippen LogP contribution in [0.3, 0.4) is 0 Å². The summed E-state index contributed by atoms with van der Waals surface area (Å²) in [5.41, 5.74) is 3.87. The highest BCUT2D eigenvalue weighted by Gasteiger charge is 2.15. The summed E-state index contributed by atoms with van der Waals surface area (Å²) in [4.78, 5) is 12.3. The van der Waals surface area contributed by atoms with Gasteiger partial charge in [-0.25, -0.2) is 0 Å². The van der Waals surface area contributed by atoms with Crippen molar-refractivity contribution in [3.05, 3.63) is 41.7 Å². The lowest BCUT2D eigenvalue weighted by molar-refractivity contribution is -0.116. The Morgan fingerprint density at radius 3 is 2.57 bits per heavy atom. The maximum absolute atomic E-state index is 12.3. The van der Waals surface area contributed by atoms with Gasteiger partial charge in [-0.15, -0.1) is 0 Å². The third-order valence-electron chi connectivity index (χ3n) is 3.46. The number of aryl methyl sites for hydroxylation is 3. The second kappa shape index (κ2) is 6.43. The van der Waals surface area contributed by atoms with Crippen molar-refractivity contribution in [2.75, 3.05) is 10.6 Å². The van der Waals surface area contributed by atoms with Crippen molar-refractivity contribution in [2.45, 2.75) is 40.3 Å². The largest absolute Gasteiger partial charge is 0.371 e. The zero-order chi connectivity index (χ0) is 15.4. The molecule has 0 radical (unpaired) electrons. The molecule has 0 saturated heterocycles. The molecule has 1 heterocycles. The predicted molar refractivity (Wildman–Crippen MR) is 85.5 cm³/mol. The van der Waals surface area contributed by atoms with Crippen molar-refractivity contribution >= 4 is 17.3 Å². The van der Waals surface area contributed by atoms with Crippen LogP contribution in [0.2, 0.25) is 0 Å². The fraction of sp³-hybridized carbons (Fsp3) is 0.375. The zero-order valence-electron chi connectivity index (χ0n) is 13.0. The fourth-order valence-corrected chi connectivity index (χ4v) is 2.17. The summed E-state index contributed by atoms with van der Waals surface area (Å²) in [6, 6.07) is 5.64. The Labute approximate surface area is 125 Å². The molecule has 0 aliphatic heterocycles. The maximum atomic E-state index is 12.3. The minimum Gasteiger partial charge on any atom is -0.371 e. The van der Waals surface area contributed by atoms with E-state index >= 15 is 0 Å². The monoisotopic (exact) mass is 286 g/mol. The van der Waals surface area contributed by atoms with Crippen molar-refractivity contribution in [2.24, 2.45) is 0 Å². The van der Waals surface area contributed by atoms with E-state index in [4.69, 9.17) is 0 Å². The molecular weight excluding hydrogens is 264 g/mol. The van der Waals surface area contributed by atoms with Gasteiger partial charge in [0.1, 0.15) is 6.04 Å². The van der Waals surface area contributed by atoms with Crippen LogP contribution in [0.5, 0.6) is 0 Å². The van der Waals surface area contributed by atoms with Gasteiger partial charge >= 0.3 is 0 Å². The molecule has 2 N–H and O–H groups in total. The molecule has 0 aliphatic carbocycles. The smallest absolute Gasteiger partial charge is 0.246 e. The SMILES string of the molecule is CCn1cc(NC(C)C(=O)Nc2c(C)cccc2C)cn1. The summed E-state index contributed by atoms with van der Waals surface area (Å²) >= 11 is 0. The van der Waals surface area contributed by atoms with E-state index in [2.05, 4.69) is 15.7 Å². The van der Waals surface area contributed by atoms with Crippen molar-refractivity contribution in [1.29, 1.82) is 0 Å². The molecule has 1 unspecified atom stereocenters. The first-order valence-corrected chi connectivity index (χ1v) is 7.17. The average molecular weight is 286 g/mol. The minimum absolute atomic E-state index is 0.0587. The Balaban J connectivity index is 2.02. The van der Waals surface area contributed by atoms with Gasteiger partial charge in [-0.3, -0.25) is 9.48 Å². The molecule has 2 aromatic rings. The Hall–Kier alpha value is -2.30. The number of hydrogen-bond acceptors (Lipinski definition) is 3. The topological polar surface area (TPSA) is 59.0 Å². The van der Waals surface area contributed by atoms with Gasteiger partial charge < -0.3 is 10.6 Å². The Morgan fingerprint density at radius 2 is 2.00 bits per heavy atom. The zero-order valence-corrected chi connectivity index (χ0v) is 13.0. The van der Waals surface area contributed by atoms with Gasteiger partial charge in [0.25, 0.3) is 0 Å². The molecule has 1 aromatic carbocycles. The molecule has 5 heteroatoms. The third-order valence-corrected chi connectivity index (χ3v) is 3.46. The second-order valence-corrected chi connectivity index (χ2v) is 5.21. The quantitative estimate of drug-likeness (QED) is 0.888. The number of benzene rings is 1. The second-order valence-electron chi connectivity index (χ2n) is 5.21. The summed E-state index contributed by atoms with van der Waals surface area (Å²) in [6.45, 7) is 8.66. The summed E-state index contributed by atoms with van der Waals surface area (Å²) in [6.07, 6.45) is 3.62. The van der Waals surface area contributed by atoms with Gasteiger partial charge in [0, 0.05) is 18.4 Å². The lowest BCUT2D eigenvalue weighted by Crippen LogP contribution is -2.32. The molecule has 0 aliphatic rings. The van der Waals surface area contributed by atoms with E-state index in [1.807, 2.05) is 56.8 Å². The van der Waals surface area contributed by atoms with Crippen LogP contribution in [-0.2, 0) is 11.3 Å². The van der Waals surface area contributed by atoms with E-state index in [1.165, 1.54) is 0 Å². The van der Waals surface area contributed by atoms with Crippen LogP contribution in [0.25, 0.3) is 0 Å². The van der Waals surface area contributed by atoms with Gasteiger partial charge in [0.15, 0.2) is 0 Å². The highest BCUT2D eigenvalue weighted by Crippen LogP contribution is 2.20. The number of amides is 1. The highest BCUT2D eigenvalue weighted by molar-refractivity contribution is 5.97. The van der Waals surface area contributed by atoms with Crippen molar-refractivity contribution in [3.8, 4) is 0 Å². The van der Waals surface area contributed by atoms with Crippen molar-refractivity contribution in [1.82, 2.24) is 9.78 Å². The van der Waals surface area contributed by atoms with Gasteiger partial charge in [-0.2, -0.15) is 5.10 Å². The Kier molecular flexibility index (Phi) is 4.62. The van der Waals surface area contributed by atoms with Crippen LogP contribution in [0.15, 0.2) is 30.6 Å². The molecular formula is C16H22N4O. The lowest BCUT2D eigenvalue weighted by atomic mass is 10.1. The van der Waals surface area contributed by atoms with E-state index in [0.717, 1.165) is 29.0 Å². The first kappa shape index (κ1) is 15.1. The fourth-order valence-electron chi connectivity index (χ4n) is 2.17. The van der Waals surface area contributed by atoms with Crippen LogP contribution in [0, 0.1) is 13.8 Å². The summed E-state index contributed by atoms with van der Waals surface area (Å²) < 4.78 is 1.82. The van der Waals surface area contributed by atoms with Gasteiger partial charge in [0.2, 0.25) is 5.91 Å². The third kappa shape index (κ3) is 3.62. The number of carbonyl (C=O) groups excluding carboxylic acids is 1. The lowest BCUT2D eigenvalue weighted by Gasteiger charge is -2.16. The number of aromatic nitrogens is 2. The summed E-state index contributed by atoms with van der Waals surface area (Å²) in [5.74, 6) is -0.0587. The van der Waals surface area contributed by atoms with E-state index in [9.17, 15) is 4.79 Å². The number of rotatable bonds is 5. The van der Waals surface area contributed by atoms with E-state index in [-0.39, 0.29) is 11.9 Å². The summed E-state index contributed by atoms with van der Waals surface area (Å²) in [7, 11) is 0. The number of para-hydroxylation sites is 1. The van der Waals surface area contributed by atoms with Gasteiger partial charge in [-0.1, -0.05) is 18.2 Å². The molecule has 0 saturated carbocycles. The Bertz CT molecular complexity index is 613. The van der Waals surface area contributed by atoms with Crippen LogP contribution in [-0.4, -0.2) is 21.7 Å². The van der Waals surface area contributed by atoms with Crippen LogP contribution in [0.1, 0.15) is 25.0 Å². The van der Waals surface area contributed by atoms with E-state index in [0.29, 0.717) is 0 Å². The molecule has 0 fully saturated rings. The molecule has 0 bridgehead atoms. The first-order chi connectivity index (χ1) is 10.0. The molecule has 21 heavy (non-hydrogen) atoms. The van der Waals surface area contributed by atoms with Crippen LogP contribution >= 0.6 is 0 Å². The number of hydrogen-bond donors (Lipinski definition) is 2. The van der Waals surface area contributed by atoms with E-state index in [1.54, 1.807) is 6.20 Å². The average Bonchev–Trinajstić information content (AvgIpc) is 2.90. The minimum atomic E-state index is -0.335. The van der Waals surface area contributed by atoms with Gasteiger partial charge in [-0.05, 0) is 38.8 Å². The molecule has 1 amide bonds. The molecule has 1 aromatic heterocycles. The number of nitrogens with one attached hydrogen (secondary N) is 2. The molecule has 1 atom stereocenters. The standard InChI is InChI=1S/C16H22N4O/c1-5-20-10-14(9-17-20)18-13(4)16(21)19-15-11(2)7-6-8-12(15)3/h6-10,13,18H,5H2,1-4H3,(H,19,21). The van der Waals surface area contributed by atoms with Crippen LogP contribution < -0.4 is 10.6 Å². The number of nitrogens with zero attached hydrogens (tertiary/aromatic N) is 2. The normalized spacial score (nSPS) is 12.0. The number of anilines is 2. The van der Waals surface area contributed by atoms with Gasteiger partial charge in [0.05, 0.1) is 11.9 Å². The maximum Gasteiger partial charge on any atom is 0.246 e. The molecule has 0 spiro atoms. The highest BCUT2D eigenvalue weighted by atomic mass is 16.2. The Morgan fingerprint density at radius 1 is 1.33 bits per heavy atom. The molecule has 112 valence electrons. The van der Waals surface area contributed by atoms with Crippen LogP contribution in [0.4, 0.5) is 11.4 Å². The summed E-state index contributed by atoms with van der Waals surface area (Å²) in [5, 5.41) is 10.3. The van der Waals surface area contributed by atoms with Crippen molar-refractivity contribution in [3.63, 3.8) is 0 Å². The predicted octanol–water partition coefficient (Wildman–Crippen LogP) is 2.96. The van der Waals surface area contributed by atoms with E-state index < -0.39 is 0 Å².